The molecule has 86 valence electrons. The predicted molar refractivity (Wildman–Crippen MR) is 56.6 cm³/mol. The first-order chi connectivity index (χ1) is 6.97. The molecule has 0 amide bonds. The Bertz CT molecular complexity index is 473. The van der Waals surface area contributed by atoms with Crippen molar-refractivity contribution in [1.29, 1.82) is 0 Å². The lowest BCUT2D eigenvalue weighted by molar-refractivity contribution is 0.289. The summed E-state index contributed by atoms with van der Waals surface area (Å²) in [4.78, 5) is 12.9. The van der Waals surface area contributed by atoms with Crippen molar-refractivity contribution in [3.8, 4) is 0 Å². The molecule has 0 fully saturated rings. The van der Waals surface area contributed by atoms with Crippen LogP contribution in [0.25, 0.3) is 0 Å². The van der Waals surface area contributed by atoms with Crippen LogP contribution < -0.4 is 9.60 Å². The molecule has 15 heavy (non-hydrogen) atoms. The van der Waals surface area contributed by atoms with Crippen LogP contribution in [0.2, 0.25) is 0 Å². The fourth-order valence-corrected chi connectivity index (χ4v) is 3.42. The van der Waals surface area contributed by atoms with E-state index in [1.165, 1.54) is 6.92 Å². The van der Waals surface area contributed by atoms with Gasteiger partial charge >= 0.3 is 4.87 Å². The molecule has 0 atom stereocenters. The Morgan fingerprint density at radius 3 is 2.67 bits per heavy atom. The second kappa shape index (κ2) is 4.88. The van der Waals surface area contributed by atoms with E-state index in [4.69, 9.17) is 5.11 Å². The number of aliphatic hydroxyl groups is 1. The van der Waals surface area contributed by atoms with E-state index in [9.17, 15) is 13.2 Å². The molecule has 0 spiro atoms. The number of hydrogen-bond acceptors (Lipinski definition) is 5. The fourth-order valence-electron chi connectivity index (χ4n) is 0.998. The molecular formula is C7H12N2O4S2. The van der Waals surface area contributed by atoms with Gasteiger partial charge in [-0.25, -0.2) is 13.1 Å². The van der Waals surface area contributed by atoms with Gasteiger partial charge in [0.25, 0.3) is 10.0 Å². The Kier molecular flexibility index (Phi) is 4.03. The number of thiazole rings is 1. The molecule has 1 rings (SSSR count). The van der Waals surface area contributed by atoms with Crippen molar-refractivity contribution < 1.29 is 13.5 Å². The van der Waals surface area contributed by atoms with Gasteiger partial charge in [0, 0.05) is 18.8 Å². The first-order valence-electron chi connectivity index (χ1n) is 4.27. The van der Waals surface area contributed by atoms with E-state index in [2.05, 4.69) is 9.71 Å². The Labute approximate surface area is 91.0 Å². The molecule has 0 saturated carbocycles. The summed E-state index contributed by atoms with van der Waals surface area (Å²) in [7, 11) is -3.62. The number of aryl methyl sites for hydroxylation is 1. The van der Waals surface area contributed by atoms with Crippen LogP contribution in [0.15, 0.2) is 9.00 Å². The molecule has 1 aromatic rings. The van der Waals surface area contributed by atoms with Gasteiger partial charge in [0.15, 0.2) is 4.21 Å². The van der Waals surface area contributed by atoms with Crippen LogP contribution >= 0.6 is 11.3 Å². The number of nitrogens with one attached hydrogen (secondary N) is 2. The summed E-state index contributed by atoms with van der Waals surface area (Å²) < 4.78 is 25.5. The molecule has 0 saturated heterocycles. The molecule has 0 radical (unpaired) electrons. The van der Waals surface area contributed by atoms with E-state index in [1.807, 2.05) is 0 Å². The summed E-state index contributed by atoms with van der Waals surface area (Å²) in [5, 5.41) is 8.50. The number of aliphatic hydroxyl groups excluding tert-OH is 1. The minimum atomic E-state index is -3.62. The normalized spacial score (nSPS) is 11.9. The molecule has 0 aliphatic rings. The maximum atomic E-state index is 11.6. The van der Waals surface area contributed by atoms with Crippen LogP contribution in [0.5, 0.6) is 0 Å². The van der Waals surface area contributed by atoms with Gasteiger partial charge in [0.2, 0.25) is 0 Å². The Hall–Kier alpha value is -0.700. The summed E-state index contributed by atoms with van der Waals surface area (Å²) >= 11 is 0.655. The van der Waals surface area contributed by atoms with Gasteiger partial charge in [-0.05, 0) is 13.3 Å². The molecule has 0 aliphatic carbocycles. The SMILES string of the molecule is Cc1[nH]c(=O)sc1S(=O)(=O)NCCCO. The van der Waals surface area contributed by atoms with Crippen LogP contribution in [0.1, 0.15) is 12.1 Å². The second-order valence-corrected chi connectivity index (χ2v) is 5.85. The largest absolute Gasteiger partial charge is 0.396 e. The molecular weight excluding hydrogens is 240 g/mol. The summed E-state index contributed by atoms with van der Waals surface area (Å²) in [6, 6.07) is 0. The Balaban J connectivity index is 2.87. The standard InChI is InChI=1S/C7H12N2O4S2/c1-5-6(14-7(11)9-5)15(12,13)8-3-2-4-10/h8,10H,2-4H2,1H3,(H,9,11). The van der Waals surface area contributed by atoms with Crippen molar-refractivity contribution in [1.82, 2.24) is 9.71 Å². The predicted octanol–water partition coefficient (Wildman–Crippen LogP) is -0.594. The minimum absolute atomic E-state index is 0.00504. The van der Waals surface area contributed by atoms with Crippen molar-refractivity contribution in [3.63, 3.8) is 0 Å². The summed E-state index contributed by atoms with van der Waals surface area (Å²) in [6.45, 7) is 1.60. The summed E-state index contributed by atoms with van der Waals surface area (Å²) in [6.07, 6.45) is 0.345. The number of aromatic nitrogens is 1. The van der Waals surface area contributed by atoms with Gasteiger partial charge in [-0.2, -0.15) is 0 Å². The molecule has 1 aromatic heterocycles. The molecule has 1 heterocycles. The summed E-state index contributed by atoms with van der Waals surface area (Å²) in [5.41, 5.74) is 0.335. The topological polar surface area (TPSA) is 99.3 Å². The lowest BCUT2D eigenvalue weighted by atomic mass is 10.5. The highest BCUT2D eigenvalue weighted by atomic mass is 32.2. The highest BCUT2D eigenvalue weighted by molar-refractivity contribution is 7.91. The Morgan fingerprint density at radius 1 is 1.53 bits per heavy atom. The number of aromatic amines is 1. The van der Waals surface area contributed by atoms with E-state index >= 15 is 0 Å². The van der Waals surface area contributed by atoms with Crippen molar-refractivity contribution in [3.05, 3.63) is 15.4 Å². The molecule has 0 aliphatic heterocycles. The third kappa shape index (κ3) is 3.13. The second-order valence-electron chi connectivity index (χ2n) is 2.90. The molecule has 0 bridgehead atoms. The van der Waals surface area contributed by atoms with Gasteiger partial charge < -0.3 is 10.1 Å². The summed E-state index contributed by atoms with van der Waals surface area (Å²) in [5.74, 6) is 0. The smallest absolute Gasteiger partial charge is 0.305 e. The minimum Gasteiger partial charge on any atom is -0.396 e. The van der Waals surface area contributed by atoms with Crippen molar-refractivity contribution >= 4 is 21.4 Å². The zero-order valence-corrected chi connectivity index (χ0v) is 9.74. The quantitative estimate of drug-likeness (QED) is 0.610. The van der Waals surface area contributed by atoms with Crippen LogP contribution in [-0.2, 0) is 10.0 Å². The van der Waals surface area contributed by atoms with Gasteiger partial charge in [-0.15, -0.1) is 0 Å². The van der Waals surface area contributed by atoms with Gasteiger partial charge in [-0.1, -0.05) is 11.3 Å². The fraction of sp³-hybridized carbons (Fsp3) is 0.571. The van der Waals surface area contributed by atoms with E-state index in [1.54, 1.807) is 0 Å². The lowest BCUT2D eigenvalue weighted by Gasteiger charge is -2.03. The maximum Gasteiger partial charge on any atom is 0.305 e. The number of rotatable bonds is 5. The lowest BCUT2D eigenvalue weighted by Crippen LogP contribution is -2.25. The molecule has 0 aromatic carbocycles. The number of hydrogen-bond donors (Lipinski definition) is 3. The third-order valence-electron chi connectivity index (χ3n) is 1.65. The van der Waals surface area contributed by atoms with Crippen molar-refractivity contribution in [2.45, 2.75) is 17.6 Å². The van der Waals surface area contributed by atoms with Crippen molar-refractivity contribution in [2.24, 2.45) is 0 Å². The van der Waals surface area contributed by atoms with E-state index in [-0.39, 0.29) is 17.4 Å². The number of sulfonamides is 1. The van der Waals surface area contributed by atoms with E-state index in [0.717, 1.165) is 0 Å². The van der Waals surface area contributed by atoms with Crippen LogP contribution in [0.4, 0.5) is 0 Å². The molecule has 8 heteroatoms. The Morgan fingerprint density at radius 2 is 2.20 bits per heavy atom. The van der Waals surface area contributed by atoms with Crippen LogP contribution in [-0.4, -0.2) is 31.7 Å². The van der Waals surface area contributed by atoms with Gasteiger partial charge in [0.1, 0.15) is 0 Å². The van der Waals surface area contributed by atoms with Crippen molar-refractivity contribution in [2.75, 3.05) is 13.2 Å². The first-order valence-corrected chi connectivity index (χ1v) is 6.57. The van der Waals surface area contributed by atoms with E-state index < -0.39 is 14.9 Å². The van der Waals surface area contributed by atoms with E-state index in [0.29, 0.717) is 23.5 Å². The molecule has 6 nitrogen and oxygen atoms in total. The average molecular weight is 252 g/mol. The van der Waals surface area contributed by atoms with Gasteiger partial charge in [-0.3, -0.25) is 4.79 Å². The number of H-pyrrole nitrogens is 1. The first kappa shape index (κ1) is 12.4. The zero-order chi connectivity index (χ0) is 11.5. The zero-order valence-electron chi connectivity index (χ0n) is 8.11. The van der Waals surface area contributed by atoms with Gasteiger partial charge in [0.05, 0.1) is 0 Å². The van der Waals surface area contributed by atoms with Crippen LogP contribution in [0.3, 0.4) is 0 Å². The molecule has 3 N–H and O–H groups in total. The monoisotopic (exact) mass is 252 g/mol. The molecule has 0 unspecified atom stereocenters. The average Bonchev–Trinajstić information content (AvgIpc) is 2.46. The van der Waals surface area contributed by atoms with Crippen LogP contribution in [0, 0.1) is 6.92 Å². The third-order valence-corrected chi connectivity index (χ3v) is 4.72. The highest BCUT2D eigenvalue weighted by Crippen LogP contribution is 2.14. The maximum absolute atomic E-state index is 11.6. The highest BCUT2D eigenvalue weighted by Gasteiger charge is 2.19.